The van der Waals surface area contributed by atoms with Crippen LogP contribution in [-0.2, 0) is 4.79 Å². The highest BCUT2D eigenvalue weighted by atomic mass is 35.5. The number of benzene rings is 1. The van der Waals surface area contributed by atoms with E-state index in [1.807, 2.05) is 6.92 Å². The molecule has 3 rings (SSSR count). The van der Waals surface area contributed by atoms with Gasteiger partial charge in [-0.3, -0.25) is 10.0 Å². The molecule has 0 saturated carbocycles. The maximum atomic E-state index is 14.4. The van der Waals surface area contributed by atoms with E-state index in [-0.39, 0.29) is 32.6 Å². The van der Waals surface area contributed by atoms with Crippen LogP contribution in [0.3, 0.4) is 0 Å². The molecule has 0 spiro atoms. The Morgan fingerprint density at radius 3 is 2.88 bits per heavy atom. The van der Waals surface area contributed by atoms with Gasteiger partial charge < -0.3 is 11.1 Å². The molecule has 0 radical (unpaired) electrons. The van der Waals surface area contributed by atoms with Crippen LogP contribution in [-0.4, -0.2) is 22.7 Å². The van der Waals surface area contributed by atoms with Crippen LogP contribution in [0, 0.1) is 5.82 Å². The monoisotopic (exact) mass is 363 g/mol. The van der Waals surface area contributed by atoms with E-state index < -0.39 is 11.7 Å². The van der Waals surface area contributed by atoms with E-state index in [9.17, 15) is 14.4 Å². The van der Waals surface area contributed by atoms with Crippen LogP contribution in [0.25, 0.3) is 17.6 Å². The van der Waals surface area contributed by atoms with Crippen molar-refractivity contribution in [2.75, 3.05) is 6.54 Å². The lowest BCUT2D eigenvalue weighted by Gasteiger charge is -2.23. The average molecular weight is 364 g/mol. The van der Waals surface area contributed by atoms with Crippen molar-refractivity contribution in [1.29, 1.82) is 0 Å². The molecule has 0 unspecified atom stereocenters. The molecular weight excluding hydrogens is 349 g/mol. The van der Waals surface area contributed by atoms with Crippen molar-refractivity contribution in [2.45, 2.75) is 13.3 Å². The van der Waals surface area contributed by atoms with E-state index >= 15 is 0 Å². The number of hydroxylamine groups is 2. The summed E-state index contributed by atoms with van der Waals surface area (Å²) in [5.41, 5.74) is 6.48. The van der Waals surface area contributed by atoms with Crippen molar-refractivity contribution < 1.29 is 14.4 Å². The fourth-order valence-corrected chi connectivity index (χ4v) is 2.78. The normalized spacial score (nSPS) is 18.1. The first kappa shape index (κ1) is 17.1. The lowest BCUT2D eigenvalue weighted by molar-refractivity contribution is -0.122. The van der Waals surface area contributed by atoms with Crippen LogP contribution in [0.2, 0.25) is 0 Å². The van der Waals surface area contributed by atoms with Crippen molar-refractivity contribution in [1.82, 2.24) is 10.4 Å². The van der Waals surface area contributed by atoms with Crippen LogP contribution in [0.1, 0.15) is 18.9 Å². The Morgan fingerprint density at radius 1 is 1.48 bits per heavy atom. The smallest absolute Gasteiger partial charge is 0.272 e. The molecule has 0 aliphatic carbocycles. The summed E-state index contributed by atoms with van der Waals surface area (Å²) in [7, 11) is 0. The Kier molecular flexibility index (Phi) is 4.56. The van der Waals surface area contributed by atoms with Crippen molar-refractivity contribution in [3.63, 3.8) is 0 Å². The van der Waals surface area contributed by atoms with Crippen molar-refractivity contribution in [3.05, 3.63) is 50.9 Å². The van der Waals surface area contributed by atoms with Gasteiger partial charge in [0.05, 0.1) is 16.9 Å². The number of hydrogen-bond donors (Lipinski definition) is 3. The van der Waals surface area contributed by atoms with Gasteiger partial charge in [0.1, 0.15) is 11.5 Å². The molecule has 0 atom stereocenters. The maximum Gasteiger partial charge on any atom is 0.272 e. The van der Waals surface area contributed by atoms with Crippen molar-refractivity contribution >= 4 is 35.1 Å². The molecule has 130 valence electrons. The molecule has 2 aliphatic heterocycles. The molecule has 0 aromatic heterocycles. The molecule has 1 aromatic rings. The average Bonchev–Trinajstić information content (AvgIpc) is 2.98. The number of fused-ring (bicyclic) bond motifs is 1. The summed E-state index contributed by atoms with van der Waals surface area (Å²) in [6, 6.07) is 2.64. The number of rotatable bonds is 3. The minimum Gasteiger partial charge on any atom is -0.396 e. The zero-order valence-electron chi connectivity index (χ0n) is 13.3. The number of nitrogens with two attached hydrogens (primary N) is 1. The summed E-state index contributed by atoms with van der Waals surface area (Å²) in [4.78, 5) is 12.2. The van der Waals surface area contributed by atoms with Gasteiger partial charge in [-0.15, -0.1) is 5.11 Å². The van der Waals surface area contributed by atoms with Gasteiger partial charge in [0, 0.05) is 28.7 Å². The van der Waals surface area contributed by atoms with Gasteiger partial charge in [-0.1, -0.05) is 18.5 Å². The van der Waals surface area contributed by atoms with Crippen LogP contribution >= 0.6 is 11.6 Å². The van der Waals surface area contributed by atoms with Crippen LogP contribution in [0.15, 0.2) is 39.3 Å². The molecule has 0 saturated heterocycles. The number of carbonyl (C=O) groups is 1. The quantitative estimate of drug-likeness (QED) is 0.747. The first-order valence-electron chi connectivity index (χ1n) is 7.53. The van der Waals surface area contributed by atoms with Crippen LogP contribution in [0.5, 0.6) is 0 Å². The fourth-order valence-electron chi connectivity index (χ4n) is 2.60. The number of nitrogens with one attached hydrogen (secondary N) is 1. The summed E-state index contributed by atoms with van der Waals surface area (Å²) >= 11 is 6.01. The molecule has 7 nitrogen and oxygen atoms in total. The predicted molar refractivity (Wildman–Crippen MR) is 90.3 cm³/mol. The molecule has 1 amide bonds. The Labute approximate surface area is 147 Å². The highest BCUT2D eigenvalue weighted by Crippen LogP contribution is 2.23. The predicted octanol–water partition coefficient (Wildman–Crippen LogP) is 1.08. The summed E-state index contributed by atoms with van der Waals surface area (Å²) in [5, 5.41) is 21.4. The maximum absolute atomic E-state index is 14.4. The van der Waals surface area contributed by atoms with E-state index in [1.165, 1.54) is 24.5 Å². The third-order valence-corrected chi connectivity index (χ3v) is 4.04. The number of amides is 1. The van der Waals surface area contributed by atoms with Gasteiger partial charge in [-0.25, -0.2) is 9.45 Å². The van der Waals surface area contributed by atoms with Crippen molar-refractivity contribution in [2.24, 2.45) is 16.0 Å². The highest BCUT2D eigenvalue weighted by Gasteiger charge is 2.25. The standard InChI is InChI=1S/C16H15ClFN5O2/c1-2-5-20-16(24)15-13(19)8-3-4-11(18)12(9(8)7-23(15)25)14-10(17)6-21-22-14/h3-4,6-7,25H,2,5,19H2,1H3,(H,20,24). The van der Waals surface area contributed by atoms with Gasteiger partial charge in [-0.2, -0.15) is 5.11 Å². The molecule has 0 bridgehead atoms. The molecule has 4 N–H and O–H groups in total. The molecule has 0 fully saturated rings. The van der Waals surface area contributed by atoms with E-state index in [0.717, 1.165) is 6.42 Å². The summed E-state index contributed by atoms with van der Waals surface area (Å²) in [6.45, 7) is 2.33. The Hall–Kier alpha value is -2.71. The van der Waals surface area contributed by atoms with E-state index in [4.69, 9.17) is 17.3 Å². The molecular formula is C16H15ClFN5O2. The van der Waals surface area contributed by atoms with Gasteiger partial charge >= 0.3 is 0 Å². The third kappa shape index (κ3) is 2.90. The zero-order chi connectivity index (χ0) is 18.1. The van der Waals surface area contributed by atoms with E-state index in [1.54, 1.807) is 0 Å². The lowest BCUT2D eigenvalue weighted by Crippen LogP contribution is -2.43. The third-order valence-electron chi connectivity index (χ3n) is 3.76. The lowest BCUT2D eigenvalue weighted by atomic mass is 10.0. The van der Waals surface area contributed by atoms with Gasteiger partial charge in [0.15, 0.2) is 5.70 Å². The van der Waals surface area contributed by atoms with Crippen molar-refractivity contribution in [3.8, 4) is 0 Å². The second-order valence-electron chi connectivity index (χ2n) is 5.42. The van der Waals surface area contributed by atoms with Crippen LogP contribution < -0.4 is 21.5 Å². The minimum atomic E-state index is -0.600. The fraction of sp³-hybridized carbons (Fsp3) is 0.188. The number of carbonyl (C=O) groups excluding carboxylic acids is 1. The SMILES string of the molecule is CCCNC(=O)C1=C(N)c2ccc(F)c(=C3N=NC=C3Cl)c2=CN1O. The summed E-state index contributed by atoms with van der Waals surface area (Å²) < 4.78 is 14.4. The Bertz CT molecular complexity index is 967. The molecule has 1 aromatic carbocycles. The molecule has 2 aliphatic rings. The molecule has 2 heterocycles. The molecule has 9 heteroatoms. The zero-order valence-corrected chi connectivity index (χ0v) is 14.0. The topological polar surface area (TPSA) is 103 Å². The van der Waals surface area contributed by atoms with E-state index in [0.29, 0.717) is 17.2 Å². The highest BCUT2D eigenvalue weighted by molar-refractivity contribution is 6.35. The molecule has 25 heavy (non-hydrogen) atoms. The number of azo groups is 1. The number of halogens is 2. The minimum absolute atomic E-state index is 0.0190. The first-order valence-corrected chi connectivity index (χ1v) is 7.91. The van der Waals surface area contributed by atoms with Gasteiger partial charge in [-0.05, 0) is 18.6 Å². The Balaban J connectivity index is 2.26. The second kappa shape index (κ2) is 6.66. The number of nitrogens with zero attached hydrogens (tertiary/aromatic N) is 3. The number of hydrogen-bond acceptors (Lipinski definition) is 6. The largest absolute Gasteiger partial charge is 0.396 e. The van der Waals surface area contributed by atoms with E-state index in [2.05, 4.69) is 15.5 Å². The second-order valence-corrected chi connectivity index (χ2v) is 5.82. The summed E-state index contributed by atoms with van der Waals surface area (Å²) in [6.07, 6.45) is 3.22. The summed E-state index contributed by atoms with van der Waals surface area (Å²) in [5.74, 6) is -1.13. The Morgan fingerprint density at radius 2 is 2.24 bits per heavy atom. The first-order chi connectivity index (χ1) is 12.0. The van der Waals surface area contributed by atoms with Gasteiger partial charge in [0.25, 0.3) is 5.91 Å². The van der Waals surface area contributed by atoms with Crippen LogP contribution in [0.4, 0.5) is 4.39 Å². The van der Waals surface area contributed by atoms with Gasteiger partial charge in [0.2, 0.25) is 0 Å².